The number of carbonyl (C=O) groups is 11. The Morgan fingerprint density at radius 3 is 1.71 bits per heavy atom. The second-order valence-corrected chi connectivity index (χ2v) is 19.7. The average molecular weight is 1040 g/mol. The Morgan fingerprint density at radius 2 is 1.19 bits per heavy atom. The van der Waals surface area contributed by atoms with Gasteiger partial charge >= 0.3 is 11.9 Å². The van der Waals surface area contributed by atoms with Gasteiger partial charge in [0.25, 0.3) is 0 Å². The van der Waals surface area contributed by atoms with Gasteiger partial charge in [0, 0.05) is 24.9 Å². The number of aromatic nitrogens is 2. The van der Waals surface area contributed by atoms with Crippen LogP contribution in [0.1, 0.15) is 119 Å². The van der Waals surface area contributed by atoms with E-state index < -0.39 is 144 Å². The van der Waals surface area contributed by atoms with Gasteiger partial charge in [-0.1, -0.05) is 68.2 Å². The van der Waals surface area contributed by atoms with Crippen molar-refractivity contribution in [3.05, 3.63) is 18.2 Å². The molecule has 1 fully saturated rings. The molecule has 0 spiro atoms. The highest BCUT2D eigenvalue weighted by Gasteiger charge is 2.42. The van der Waals surface area contributed by atoms with Crippen molar-refractivity contribution in [2.45, 2.75) is 181 Å². The van der Waals surface area contributed by atoms with Crippen molar-refractivity contribution in [1.29, 1.82) is 0 Å². The molecule has 2 heterocycles. The molecule has 73 heavy (non-hydrogen) atoms. The number of nitrogens with two attached hydrogens (primary N) is 2. The van der Waals surface area contributed by atoms with Gasteiger partial charge in [0.05, 0.1) is 31.3 Å². The molecule has 1 aliphatic heterocycles. The number of hydrogen-bond acceptors (Lipinski definition) is 14. The maximum absolute atomic E-state index is 14.2. The van der Waals surface area contributed by atoms with Gasteiger partial charge in [-0.05, 0) is 56.3 Å². The Kier molecular flexibility index (Phi) is 25.4. The van der Waals surface area contributed by atoms with Gasteiger partial charge < -0.3 is 73.9 Å². The molecule has 26 heteroatoms. The fourth-order valence-corrected chi connectivity index (χ4v) is 7.97. The number of imidazole rings is 1. The molecular weight excluding hydrogens is 957 g/mol. The van der Waals surface area contributed by atoms with Crippen LogP contribution in [-0.4, -0.2) is 162 Å². The molecule has 9 amide bonds. The minimum atomic E-state index is -1.80. The van der Waals surface area contributed by atoms with Gasteiger partial charge in [-0.2, -0.15) is 0 Å². The Labute approximate surface area is 424 Å². The lowest BCUT2D eigenvalue weighted by atomic mass is 9.96. The first-order valence-corrected chi connectivity index (χ1v) is 24.7. The summed E-state index contributed by atoms with van der Waals surface area (Å²) in [7, 11) is 0. The molecule has 26 nitrogen and oxygen atoms in total. The van der Waals surface area contributed by atoms with E-state index in [4.69, 9.17) is 11.5 Å². The van der Waals surface area contributed by atoms with Crippen LogP contribution in [0.15, 0.2) is 12.5 Å². The van der Waals surface area contributed by atoms with E-state index in [2.05, 4.69) is 47.2 Å². The number of primary amides is 1. The summed E-state index contributed by atoms with van der Waals surface area (Å²) in [5.41, 5.74) is 12.1. The molecule has 0 bridgehead atoms. The predicted molar refractivity (Wildman–Crippen MR) is 262 cm³/mol. The number of aliphatic hydroxyl groups excluding tert-OH is 1. The number of nitrogens with zero attached hydrogens (tertiary/aromatic N) is 2. The zero-order chi connectivity index (χ0) is 55.4. The van der Waals surface area contributed by atoms with Crippen LogP contribution in [-0.2, 0) is 59.2 Å². The van der Waals surface area contributed by atoms with Crippen LogP contribution in [0.25, 0.3) is 0 Å². The number of aliphatic hydroxyl groups is 1. The van der Waals surface area contributed by atoms with E-state index in [1.54, 1.807) is 48.5 Å². The molecule has 410 valence electrons. The van der Waals surface area contributed by atoms with Crippen LogP contribution in [0.5, 0.6) is 0 Å². The lowest BCUT2D eigenvalue weighted by Gasteiger charge is -2.32. The van der Waals surface area contributed by atoms with Gasteiger partial charge in [0.15, 0.2) is 0 Å². The maximum Gasteiger partial charge on any atom is 0.326 e. The van der Waals surface area contributed by atoms with Gasteiger partial charge in [-0.15, -0.1) is 0 Å². The number of nitrogens with one attached hydrogen (secondary N) is 8. The van der Waals surface area contributed by atoms with Crippen molar-refractivity contribution >= 4 is 65.1 Å². The van der Waals surface area contributed by atoms with Crippen LogP contribution in [0.2, 0.25) is 0 Å². The van der Waals surface area contributed by atoms with Crippen LogP contribution in [0.3, 0.4) is 0 Å². The first-order valence-electron chi connectivity index (χ1n) is 24.7. The number of carboxylic acids is 2. The Bertz CT molecular complexity index is 2090. The van der Waals surface area contributed by atoms with E-state index in [9.17, 15) is 68.1 Å². The molecule has 1 aliphatic rings. The van der Waals surface area contributed by atoms with E-state index in [1.807, 2.05) is 6.92 Å². The van der Waals surface area contributed by atoms with Crippen molar-refractivity contribution in [2.24, 2.45) is 35.1 Å². The van der Waals surface area contributed by atoms with E-state index in [-0.39, 0.29) is 56.4 Å². The van der Waals surface area contributed by atoms with E-state index >= 15 is 0 Å². The highest BCUT2D eigenvalue weighted by atomic mass is 16.4. The predicted octanol–water partition coefficient (Wildman–Crippen LogP) is -2.34. The number of carboxylic acid groups (broad SMARTS) is 2. The monoisotopic (exact) mass is 1030 g/mol. The van der Waals surface area contributed by atoms with E-state index in [1.165, 1.54) is 12.5 Å². The fraction of sp³-hybridized carbons (Fsp3) is 0.702. The zero-order valence-electron chi connectivity index (χ0n) is 43.2. The number of H-pyrrole nitrogens is 1. The number of likely N-dealkylation sites (tertiary alicyclic amines) is 1. The molecule has 0 radical (unpaired) electrons. The third kappa shape index (κ3) is 20.0. The number of aliphatic carboxylic acids is 2. The first kappa shape index (κ1) is 62.4. The summed E-state index contributed by atoms with van der Waals surface area (Å²) in [6, 6.07) is -12.9. The number of aromatic amines is 1. The molecule has 1 aromatic heterocycles. The average Bonchev–Trinajstić information content (AvgIpc) is 4.02. The van der Waals surface area contributed by atoms with Gasteiger partial charge in [-0.25, -0.2) is 9.78 Å². The van der Waals surface area contributed by atoms with Crippen LogP contribution < -0.4 is 48.7 Å². The minimum Gasteiger partial charge on any atom is -0.481 e. The first-order chi connectivity index (χ1) is 34.1. The van der Waals surface area contributed by atoms with Crippen molar-refractivity contribution in [3.63, 3.8) is 0 Å². The van der Waals surface area contributed by atoms with Crippen molar-refractivity contribution in [2.75, 3.05) is 6.54 Å². The molecule has 12 atom stereocenters. The summed E-state index contributed by atoms with van der Waals surface area (Å²) < 4.78 is 0. The third-order valence-corrected chi connectivity index (χ3v) is 12.6. The molecular formula is C47H78N12O14. The van der Waals surface area contributed by atoms with Crippen LogP contribution >= 0.6 is 0 Å². The topological polar surface area (TPSA) is 417 Å². The summed E-state index contributed by atoms with van der Waals surface area (Å²) in [6.07, 6.45) is 0.581. The van der Waals surface area contributed by atoms with Crippen LogP contribution in [0.4, 0.5) is 0 Å². The SMILES string of the molecule is CC[C@H](C)[C@H](N)C(=O)N[C@@H](Cc1cnc[nH]1)C(=O)N[C@@H](CC(C)C)C(=O)N[C@H](C(=O)N[C@@H](CC(=O)O)C(=O)N1CCC[C@H]1C(=O)N[C@@H](CC(N)=O)C(=O)N[C@H](C(=O)N[C@@H](CC(C)C)C(=O)O)[C@@H](C)O)[C@@H](C)CC. The number of rotatable bonds is 31. The Morgan fingerprint density at radius 1 is 0.671 bits per heavy atom. The molecule has 0 unspecified atom stereocenters. The molecule has 0 saturated carbocycles. The summed E-state index contributed by atoms with van der Waals surface area (Å²) in [5, 5.41) is 47.2. The Balaban J connectivity index is 2.37. The Hall–Kier alpha value is -6.70. The van der Waals surface area contributed by atoms with Crippen molar-refractivity contribution in [3.8, 4) is 0 Å². The lowest BCUT2D eigenvalue weighted by molar-refractivity contribution is -0.146. The molecule has 2 rings (SSSR count). The lowest BCUT2D eigenvalue weighted by Crippen LogP contribution is -2.62. The second-order valence-electron chi connectivity index (χ2n) is 19.7. The minimum absolute atomic E-state index is 0.0128. The number of amides is 9. The quantitative estimate of drug-likeness (QED) is 0.0371. The molecule has 1 aromatic rings. The van der Waals surface area contributed by atoms with E-state index in [0.717, 1.165) is 11.8 Å². The summed E-state index contributed by atoms with van der Waals surface area (Å²) >= 11 is 0. The summed E-state index contributed by atoms with van der Waals surface area (Å²) in [4.78, 5) is 154. The zero-order valence-corrected chi connectivity index (χ0v) is 43.2. The highest BCUT2D eigenvalue weighted by molar-refractivity contribution is 6.00. The molecule has 15 N–H and O–H groups in total. The molecule has 1 saturated heterocycles. The van der Waals surface area contributed by atoms with E-state index in [0.29, 0.717) is 18.5 Å². The summed E-state index contributed by atoms with van der Waals surface area (Å²) in [6.45, 7) is 15.0. The number of hydrogen-bond donors (Lipinski definition) is 13. The van der Waals surface area contributed by atoms with Gasteiger partial charge in [-0.3, -0.25) is 47.9 Å². The molecule has 0 aliphatic carbocycles. The molecule has 0 aromatic carbocycles. The smallest absolute Gasteiger partial charge is 0.326 e. The third-order valence-electron chi connectivity index (χ3n) is 12.6. The maximum atomic E-state index is 14.2. The van der Waals surface area contributed by atoms with Crippen LogP contribution in [0, 0.1) is 23.7 Å². The summed E-state index contributed by atoms with van der Waals surface area (Å²) in [5.74, 6) is -12.5. The normalized spacial score (nSPS) is 18.0. The highest BCUT2D eigenvalue weighted by Crippen LogP contribution is 2.21. The fourth-order valence-electron chi connectivity index (χ4n) is 7.97. The van der Waals surface area contributed by atoms with Gasteiger partial charge in [0.2, 0.25) is 53.2 Å². The van der Waals surface area contributed by atoms with Crippen molar-refractivity contribution < 1.29 is 68.1 Å². The second kappa shape index (κ2) is 29.7. The standard InChI is InChI=1S/C47H78N12O14/c1-10-24(7)36(49)43(68)54-29(17-27-20-50-21-51-27)39(64)52-28(15-22(3)4)40(65)57-37(25(8)11-2)44(69)55-31(19-35(62)63)46(71)59-14-12-13-33(59)42(67)53-30(18-34(48)61)41(66)58-38(26(9)60)45(70)56-32(47(72)73)16-23(5)6/h20-26,28-33,36-38,60H,10-19,49H2,1-9H3,(H2,48,61)(H,50,51)(H,52,64)(H,53,67)(H,54,68)(H,55,69)(H,56,70)(H,57,65)(H,58,66)(H,62,63)(H,72,73)/t24-,25-,26+,28-,29-,30-,31-,32-,33-,36-,37-,38-/m0/s1. The van der Waals surface area contributed by atoms with Crippen molar-refractivity contribution in [1.82, 2.24) is 52.1 Å². The van der Waals surface area contributed by atoms with Gasteiger partial charge in [0.1, 0.15) is 48.3 Å². The largest absolute Gasteiger partial charge is 0.481 e. The number of carbonyl (C=O) groups excluding carboxylic acids is 9.